The number of nitrogen functional groups attached to an aromatic ring is 1. The number of likely N-dealkylation sites (tertiary alicyclic amines) is 1. The molecule has 154 valence electrons. The third kappa shape index (κ3) is 4.25. The zero-order chi connectivity index (χ0) is 20.9. The first-order valence-corrected chi connectivity index (χ1v) is 9.98. The van der Waals surface area contributed by atoms with E-state index in [1.807, 2.05) is 30.3 Å². The Labute approximate surface area is 174 Å². The number of para-hydroxylation sites is 1. The molecule has 0 spiro atoms. The van der Waals surface area contributed by atoms with E-state index >= 15 is 0 Å². The molecule has 1 aromatic heterocycles. The number of anilines is 1. The molecule has 4 rings (SSSR count). The van der Waals surface area contributed by atoms with Gasteiger partial charge in [0, 0.05) is 23.9 Å². The summed E-state index contributed by atoms with van der Waals surface area (Å²) >= 11 is 0. The highest BCUT2D eigenvalue weighted by atomic mass is 19.1. The molecule has 0 radical (unpaired) electrons. The predicted molar refractivity (Wildman–Crippen MR) is 112 cm³/mol. The third-order valence-corrected chi connectivity index (χ3v) is 5.25. The maximum atomic E-state index is 14.5. The van der Waals surface area contributed by atoms with Crippen molar-refractivity contribution in [2.75, 3.05) is 18.9 Å². The average molecular weight is 406 g/mol. The van der Waals surface area contributed by atoms with E-state index in [1.165, 1.54) is 12.3 Å². The summed E-state index contributed by atoms with van der Waals surface area (Å²) in [6, 6.07) is 15.4. The summed E-state index contributed by atoms with van der Waals surface area (Å²) in [6.07, 6.45) is 4.08. The van der Waals surface area contributed by atoms with Crippen LogP contribution in [-0.4, -0.2) is 33.9 Å². The van der Waals surface area contributed by atoms with Crippen LogP contribution in [0.25, 0.3) is 11.1 Å². The summed E-state index contributed by atoms with van der Waals surface area (Å²) in [4.78, 5) is 23.3. The molecule has 7 heteroatoms. The Balaban J connectivity index is 1.63. The quantitative estimate of drug-likeness (QED) is 0.693. The van der Waals surface area contributed by atoms with E-state index in [0.717, 1.165) is 19.3 Å². The van der Waals surface area contributed by atoms with Crippen LogP contribution in [0.1, 0.15) is 31.0 Å². The number of piperidine rings is 1. The van der Waals surface area contributed by atoms with Crippen LogP contribution in [0.15, 0.2) is 60.8 Å². The fourth-order valence-corrected chi connectivity index (χ4v) is 3.81. The van der Waals surface area contributed by atoms with Crippen molar-refractivity contribution in [1.82, 2.24) is 14.9 Å². The van der Waals surface area contributed by atoms with Gasteiger partial charge in [-0.25, -0.2) is 14.4 Å². The Morgan fingerprint density at radius 3 is 2.67 bits per heavy atom. The predicted octanol–water partition coefficient (Wildman–Crippen LogP) is 4.00. The van der Waals surface area contributed by atoms with Crippen LogP contribution < -0.4 is 10.5 Å². The standard InChI is InChI=1S/C23H23FN4O2/c24-19-11-5-4-10-17(19)18-14-26-23(25)27-22(18)20-12-6-7-13-28(20)21(29)15-30-16-8-2-1-3-9-16/h1-5,8-11,14,20H,6-7,12-13,15H2,(H2,25,26,27)/t20-/m1/s1. The van der Waals surface area contributed by atoms with Gasteiger partial charge in [0.05, 0.1) is 11.7 Å². The van der Waals surface area contributed by atoms with E-state index in [-0.39, 0.29) is 30.3 Å². The smallest absolute Gasteiger partial charge is 0.261 e. The van der Waals surface area contributed by atoms with Crippen LogP contribution in [0, 0.1) is 5.82 Å². The van der Waals surface area contributed by atoms with E-state index < -0.39 is 0 Å². The van der Waals surface area contributed by atoms with Gasteiger partial charge in [-0.3, -0.25) is 4.79 Å². The molecule has 1 aliphatic heterocycles. The van der Waals surface area contributed by atoms with Crippen molar-refractivity contribution in [3.63, 3.8) is 0 Å². The number of rotatable bonds is 5. The van der Waals surface area contributed by atoms with E-state index in [9.17, 15) is 9.18 Å². The van der Waals surface area contributed by atoms with Crippen molar-refractivity contribution < 1.29 is 13.9 Å². The minimum Gasteiger partial charge on any atom is -0.484 e. The van der Waals surface area contributed by atoms with Crippen molar-refractivity contribution in [3.05, 3.63) is 72.3 Å². The monoisotopic (exact) mass is 406 g/mol. The fraction of sp³-hybridized carbons (Fsp3) is 0.261. The lowest BCUT2D eigenvalue weighted by atomic mass is 9.93. The maximum absolute atomic E-state index is 14.5. The highest BCUT2D eigenvalue weighted by molar-refractivity contribution is 5.79. The first-order chi connectivity index (χ1) is 14.6. The first-order valence-electron chi connectivity index (χ1n) is 9.98. The number of nitrogens with two attached hydrogens (primary N) is 1. The van der Waals surface area contributed by atoms with Crippen molar-refractivity contribution in [2.24, 2.45) is 0 Å². The lowest BCUT2D eigenvalue weighted by molar-refractivity contribution is -0.137. The van der Waals surface area contributed by atoms with Gasteiger partial charge >= 0.3 is 0 Å². The molecule has 1 saturated heterocycles. The molecule has 1 fully saturated rings. The fourth-order valence-electron chi connectivity index (χ4n) is 3.81. The molecule has 2 aromatic carbocycles. The minimum atomic E-state index is -0.367. The molecule has 2 N–H and O–H groups in total. The normalized spacial score (nSPS) is 16.3. The lowest BCUT2D eigenvalue weighted by Gasteiger charge is -2.36. The number of carbonyl (C=O) groups is 1. The highest BCUT2D eigenvalue weighted by Gasteiger charge is 2.32. The lowest BCUT2D eigenvalue weighted by Crippen LogP contribution is -2.41. The zero-order valence-corrected chi connectivity index (χ0v) is 16.5. The number of aromatic nitrogens is 2. The van der Waals surface area contributed by atoms with Gasteiger partial charge < -0.3 is 15.4 Å². The molecular weight excluding hydrogens is 383 g/mol. The molecule has 3 aromatic rings. The van der Waals surface area contributed by atoms with Crippen molar-refractivity contribution in [2.45, 2.75) is 25.3 Å². The average Bonchev–Trinajstić information content (AvgIpc) is 2.79. The van der Waals surface area contributed by atoms with Crippen LogP contribution in [0.4, 0.5) is 10.3 Å². The van der Waals surface area contributed by atoms with Crippen LogP contribution in [0.5, 0.6) is 5.75 Å². The molecule has 6 nitrogen and oxygen atoms in total. The number of benzene rings is 2. The van der Waals surface area contributed by atoms with E-state index in [2.05, 4.69) is 9.97 Å². The van der Waals surface area contributed by atoms with Gasteiger partial charge in [0.15, 0.2) is 6.61 Å². The molecule has 30 heavy (non-hydrogen) atoms. The number of hydrogen-bond donors (Lipinski definition) is 1. The largest absolute Gasteiger partial charge is 0.484 e. The Morgan fingerprint density at radius 1 is 1.10 bits per heavy atom. The SMILES string of the molecule is Nc1ncc(-c2ccccc2F)c([C@H]2CCCCN2C(=O)COc2ccccc2)n1. The Hall–Kier alpha value is -3.48. The number of carbonyl (C=O) groups excluding carboxylic acids is 1. The molecule has 2 heterocycles. The number of hydrogen-bond acceptors (Lipinski definition) is 5. The number of ether oxygens (including phenoxy) is 1. The Kier molecular flexibility index (Phi) is 5.88. The molecule has 1 amide bonds. The van der Waals surface area contributed by atoms with Gasteiger partial charge in [0.25, 0.3) is 5.91 Å². The molecule has 0 bridgehead atoms. The van der Waals surface area contributed by atoms with Gasteiger partial charge in [-0.05, 0) is 37.5 Å². The van der Waals surface area contributed by atoms with Crippen LogP contribution in [0.3, 0.4) is 0 Å². The second-order valence-electron chi connectivity index (χ2n) is 7.21. The van der Waals surface area contributed by atoms with Crippen molar-refractivity contribution >= 4 is 11.9 Å². The van der Waals surface area contributed by atoms with E-state index in [0.29, 0.717) is 29.1 Å². The summed E-state index contributed by atoms with van der Waals surface area (Å²) in [5.74, 6) is 0.231. The molecule has 0 aliphatic carbocycles. The van der Waals surface area contributed by atoms with Gasteiger partial charge in [0.2, 0.25) is 5.95 Å². The second kappa shape index (κ2) is 8.90. The van der Waals surface area contributed by atoms with E-state index in [4.69, 9.17) is 10.5 Å². The van der Waals surface area contributed by atoms with Gasteiger partial charge in [0.1, 0.15) is 11.6 Å². The van der Waals surface area contributed by atoms with Crippen LogP contribution in [0.2, 0.25) is 0 Å². The van der Waals surface area contributed by atoms with Gasteiger partial charge in [-0.15, -0.1) is 0 Å². The topological polar surface area (TPSA) is 81.3 Å². The molecule has 0 saturated carbocycles. The first kappa shape index (κ1) is 19.8. The van der Waals surface area contributed by atoms with E-state index in [1.54, 1.807) is 23.1 Å². The molecular formula is C23H23FN4O2. The van der Waals surface area contributed by atoms with Gasteiger partial charge in [-0.1, -0.05) is 36.4 Å². The number of nitrogens with zero attached hydrogens (tertiary/aromatic N) is 3. The summed E-state index contributed by atoms with van der Waals surface area (Å²) in [7, 11) is 0. The van der Waals surface area contributed by atoms with Gasteiger partial charge in [-0.2, -0.15) is 0 Å². The summed E-state index contributed by atoms with van der Waals surface area (Å²) in [5, 5.41) is 0. The minimum absolute atomic E-state index is 0.0733. The number of halogens is 1. The zero-order valence-electron chi connectivity index (χ0n) is 16.5. The maximum Gasteiger partial charge on any atom is 0.261 e. The summed E-state index contributed by atoms with van der Waals surface area (Å²) < 4.78 is 20.2. The highest BCUT2D eigenvalue weighted by Crippen LogP contribution is 2.36. The summed E-state index contributed by atoms with van der Waals surface area (Å²) in [6.45, 7) is 0.512. The molecule has 1 atom stereocenters. The van der Waals surface area contributed by atoms with Crippen molar-refractivity contribution in [3.8, 4) is 16.9 Å². The Bertz CT molecular complexity index is 1030. The summed E-state index contributed by atoms with van der Waals surface area (Å²) in [5.41, 5.74) is 7.38. The molecule has 1 aliphatic rings. The molecule has 0 unspecified atom stereocenters. The Morgan fingerprint density at radius 2 is 1.87 bits per heavy atom. The van der Waals surface area contributed by atoms with Crippen molar-refractivity contribution in [1.29, 1.82) is 0 Å². The van der Waals surface area contributed by atoms with Crippen LogP contribution >= 0.6 is 0 Å². The number of amides is 1. The third-order valence-electron chi connectivity index (χ3n) is 5.25. The second-order valence-corrected chi connectivity index (χ2v) is 7.21. The van der Waals surface area contributed by atoms with Crippen LogP contribution in [-0.2, 0) is 4.79 Å².